The van der Waals surface area contributed by atoms with Gasteiger partial charge in [-0.15, -0.1) is 0 Å². The summed E-state index contributed by atoms with van der Waals surface area (Å²) in [5.41, 5.74) is 2.89. The van der Waals surface area contributed by atoms with Gasteiger partial charge in [-0.2, -0.15) is 0 Å². The molecule has 0 amide bonds. The highest BCUT2D eigenvalue weighted by atomic mass is 16.4. The number of carbonyl (C=O) groups is 1. The van der Waals surface area contributed by atoms with Gasteiger partial charge in [0.25, 0.3) is 0 Å². The lowest BCUT2D eigenvalue weighted by Crippen LogP contribution is -2.36. The van der Waals surface area contributed by atoms with Gasteiger partial charge in [0.2, 0.25) is 0 Å². The van der Waals surface area contributed by atoms with E-state index in [1.165, 1.54) is 36.9 Å². The molecule has 1 heterocycles. The summed E-state index contributed by atoms with van der Waals surface area (Å²) in [7, 11) is 0. The van der Waals surface area contributed by atoms with E-state index >= 15 is 0 Å². The van der Waals surface area contributed by atoms with Crippen molar-refractivity contribution < 1.29 is 9.90 Å². The van der Waals surface area contributed by atoms with Crippen LogP contribution in [-0.2, 0) is 6.42 Å². The Morgan fingerprint density at radius 3 is 2.68 bits per heavy atom. The smallest absolute Gasteiger partial charge is 0.335 e. The van der Waals surface area contributed by atoms with Gasteiger partial charge in [0.15, 0.2) is 0 Å². The second-order valence-corrected chi connectivity index (χ2v) is 6.01. The topological polar surface area (TPSA) is 40.5 Å². The van der Waals surface area contributed by atoms with E-state index in [4.69, 9.17) is 5.11 Å². The van der Waals surface area contributed by atoms with Crippen molar-refractivity contribution in [2.45, 2.75) is 45.1 Å². The number of benzene rings is 1. The van der Waals surface area contributed by atoms with E-state index in [1.807, 2.05) is 12.1 Å². The fourth-order valence-corrected chi connectivity index (χ4v) is 3.49. The van der Waals surface area contributed by atoms with Crippen LogP contribution in [0.25, 0.3) is 0 Å². The van der Waals surface area contributed by atoms with Crippen molar-refractivity contribution in [2.75, 3.05) is 11.4 Å². The molecule has 1 N–H and O–H groups in total. The van der Waals surface area contributed by atoms with Crippen LogP contribution >= 0.6 is 0 Å². The van der Waals surface area contributed by atoms with Gasteiger partial charge in [0.1, 0.15) is 0 Å². The Labute approximate surface area is 114 Å². The zero-order valence-electron chi connectivity index (χ0n) is 11.4. The maximum atomic E-state index is 11.0. The third-order valence-electron chi connectivity index (χ3n) is 4.68. The van der Waals surface area contributed by atoms with Crippen molar-refractivity contribution in [3.05, 3.63) is 29.3 Å². The summed E-state index contributed by atoms with van der Waals surface area (Å²) in [6.45, 7) is 3.39. The van der Waals surface area contributed by atoms with Crippen molar-refractivity contribution in [1.29, 1.82) is 0 Å². The average Bonchev–Trinajstić information content (AvgIpc) is 2.82. The summed E-state index contributed by atoms with van der Waals surface area (Å²) in [4.78, 5) is 13.5. The van der Waals surface area contributed by atoms with Crippen LogP contribution in [0.15, 0.2) is 18.2 Å². The second kappa shape index (κ2) is 4.87. The van der Waals surface area contributed by atoms with Gasteiger partial charge in [0, 0.05) is 18.3 Å². The second-order valence-electron chi connectivity index (χ2n) is 6.01. The molecule has 2 aliphatic rings. The summed E-state index contributed by atoms with van der Waals surface area (Å²) in [6.07, 6.45) is 6.19. The molecule has 0 unspecified atom stereocenters. The first-order chi connectivity index (χ1) is 9.15. The lowest BCUT2D eigenvalue weighted by Gasteiger charge is -2.35. The maximum absolute atomic E-state index is 11.0. The van der Waals surface area contributed by atoms with Gasteiger partial charge in [-0.1, -0.05) is 6.92 Å². The first kappa shape index (κ1) is 12.5. The van der Waals surface area contributed by atoms with E-state index in [1.54, 1.807) is 6.07 Å². The summed E-state index contributed by atoms with van der Waals surface area (Å²) >= 11 is 0. The monoisotopic (exact) mass is 259 g/mol. The predicted molar refractivity (Wildman–Crippen MR) is 75.9 cm³/mol. The quantitative estimate of drug-likeness (QED) is 0.885. The largest absolute Gasteiger partial charge is 0.478 e. The van der Waals surface area contributed by atoms with Gasteiger partial charge < -0.3 is 10.0 Å². The fraction of sp³-hybridized carbons (Fsp3) is 0.562. The number of hydrogen-bond acceptors (Lipinski definition) is 2. The van der Waals surface area contributed by atoms with Crippen LogP contribution < -0.4 is 4.90 Å². The van der Waals surface area contributed by atoms with Gasteiger partial charge in [-0.05, 0) is 61.8 Å². The number of rotatable bonds is 2. The minimum atomic E-state index is -0.826. The first-order valence-corrected chi connectivity index (χ1v) is 7.28. The zero-order valence-corrected chi connectivity index (χ0v) is 11.4. The summed E-state index contributed by atoms with van der Waals surface area (Å²) in [5, 5.41) is 9.05. The first-order valence-electron chi connectivity index (χ1n) is 7.28. The van der Waals surface area contributed by atoms with Gasteiger partial charge in [-0.25, -0.2) is 4.79 Å². The molecule has 3 nitrogen and oxygen atoms in total. The molecule has 1 aromatic rings. The Balaban J connectivity index is 1.80. The Kier molecular flexibility index (Phi) is 3.21. The van der Waals surface area contributed by atoms with Crippen LogP contribution in [0, 0.1) is 5.92 Å². The number of fused-ring (bicyclic) bond motifs is 1. The lowest BCUT2D eigenvalue weighted by molar-refractivity contribution is 0.0697. The lowest BCUT2D eigenvalue weighted by atomic mass is 9.86. The molecule has 0 spiro atoms. The highest BCUT2D eigenvalue weighted by molar-refractivity contribution is 5.88. The maximum Gasteiger partial charge on any atom is 0.335 e. The van der Waals surface area contributed by atoms with Crippen LogP contribution in [0.3, 0.4) is 0 Å². The Bertz CT molecular complexity index is 490. The number of carboxylic acid groups (broad SMARTS) is 1. The van der Waals surface area contributed by atoms with Crippen LogP contribution in [-0.4, -0.2) is 23.7 Å². The molecule has 1 aliphatic heterocycles. The van der Waals surface area contributed by atoms with Crippen LogP contribution in [0.5, 0.6) is 0 Å². The minimum absolute atomic E-state index is 0.415. The highest BCUT2D eigenvalue weighted by Crippen LogP contribution is 2.36. The van der Waals surface area contributed by atoms with E-state index < -0.39 is 5.97 Å². The van der Waals surface area contributed by atoms with Crippen molar-refractivity contribution >= 4 is 11.7 Å². The van der Waals surface area contributed by atoms with E-state index in [2.05, 4.69) is 11.8 Å². The van der Waals surface area contributed by atoms with Crippen LogP contribution in [0.2, 0.25) is 0 Å². The van der Waals surface area contributed by atoms with Gasteiger partial charge >= 0.3 is 5.97 Å². The summed E-state index contributed by atoms with van der Waals surface area (Å²) in [5.74, 6) is 0.0421. The van der Waals surface area contributed by atoms with Crippen molar-refractivity contribution in [3.8, 4) is 0 Å². The van der Waals surface area contributed by atoms with Crippen LogP contribution in [0.1, 0.15) is 48.5 Å². The van der Waals surface area contributed by atoms with Crippen LogP contribution in [0.4, 0.5) is 5.69 Å². The number of aromatic carboxylic acids is 1. The Morgan fingerprint density at radius 1 is 1.26 bits per heavy atom. The van der Waals surface area contributed by atoms with E-state index in [9.17, 15) is 4.79 Å². The molecule has 1 saturated carbocycles. The molecule has 0 bridgehead atoms. The third kappa shape index (κ3) is 2.34. The summed E-state index contributed by atoms with van der Waals surface area (Å²) in [6, 6.07) is 6.26. The molecule has 1 aromatic carbocycles. The van der Waals surface area contributed by atoms with Gasteiger partial charge in [-0.3, -0.25) is 0 Å². The van der Waals surface area contributed by atoms with Crippen molar-refractivity contribution in [1.82, 2.24) is 0 Å². The molecule has 0 atom stereocenters. The molecule has 1 aliphatic carbocycles. The molecular weight excluding hydrogens is 238 g/mol. The molecule has 3 rings (SSSR count). The predicted octanol–water partition coefficient (Wildman–Crippen LogP) is 3.33. The molecule has 19 heavy (non-hydrogen) atoms. The number of anilines is 1. The molecule has 1 fully saturated rings. The van der Waals surface area contributed by atoms with Crippen molar-refractivity contribution in [2.24, 2.45) is 5.92 Å². The number of carboxylic acids is 1. The SMILES string of the molecule is CC1CCC(N2CCc3cc(C(=O)O)ccc32)CC1. The third-order valence-corrected chi connectivity index (χ3v) is 4.68. The molecule has 3 heteroatoms. The fourth-order valence-electron chi connectivity index (χ4n) is 3.49. The normalized spacial score (nSPS) is 26.3. The molecule has 102 valence electrons. The summed E-state index contributed by atoms with van der Waals surface area (Å²) < 4.78 is 0. The minimum Gasteiger partial charge on any atom is -0.478 e. The van der Waals surface area contributed by atoms with Crippen molar-refractivity contribution in [3.63, 3.8) is 0 Å². The number of nitrogens with zero attached hydrogens (tertiary/aromatic N) is 1. The Hall–Kier alpha value is -1.51. The number of hydrogen-bond donors (Lipinski definition) is 1. The molecule has 0 radical (unpaired) electrons. The van der Waals surface area contributed by atoms with E-state index in [0.717, 1.165) is 18.9 Å². The highest BCUT2D eigenvalue weighted by Gasteiger charge is 2.29. The van der Waals surface area contributed by atoms with E-state index in [0.29, 0.717) is 11.6 Å². The molecule has 0 aromatic heterocycles. The standard InChI is InChI=1S/C16H21NO2/c1-11-2-5-14(6-3-11)17-9-8-12-10-13(16(18)19)4-7-15(12)17/h4,7,10-11,14H,2-3,5-6,8-9H2,1H3,(H,18,19). The molecule has 0 saturated heterocycles. The van der Waals surface area contributed by atoms with Gasteiger partial charge in [0.05, 0.1) is 5.56 Å². The average molecular weight is 259 g/mol. The Morgan fingerprint density at radius 2 is 2.00 bits per heavy atom. The zero-order chi connectivity index (χ0) is 13.4. The molecular formula is C16H21NO2. The van der Waals surface area contributed by atoms with E-state index in [-0.39, 0.29) is 0 Å².